The highest BCUT2D eigenvalue weighted by Gasteiger charge is 2.30. The van der Waals surface area contributed by atoms with Crippen molar-refractivity contribution in [3.05, 3.63) is 88.8 Å². The Morgan fingerprint density at radius 2 is 1.69 bits per heavy atom. The minimum atomic E-state index is -4.40. The highest BCUT2D eigenvalue weighted by atomic mass is 35.5. The molecule has 3 aromatic carbocycles. The van der Waals surface area contributed by atoms with E-state index in [9.17, 15) is 22.4 Å². The average molecular weight is 519 g/mol. The highest BCUT2D eigenvalue weighted by molar-refractivity contribution is 6.31. The first kappa shape index (κ1) is 25.6. The van der Waals surface area contributed by atoms with E-state index in [0.717, 1.165) is 23.0 Å². The van der Waals surface area contributed by atoms with E-state index >= 15 is 0 Å². The second-order valence-electron chi connectivity index (χ2n) is 8.18. The maximum Gasteiger partial charge on any atom is 0.416 e. The van der Waals surface area contributed by atoms with Crippen LogP contribution in [0.3, 0.4) is 0 Å². The predicted molar refractivity (Wildman–Crippen MR) is 132 cm³/mol. The number of ether oxygens (including phenoxy) is 1. The molecule has 0 N–H and O–H groups in total. The highest BCUT2D eigenvalue weighted by Crippen LogP contribution is 2.39. The first-order valence-corrected chi connectivity index (χ1v) is 11.7. The van der Waals surface area contributed by atoms with E-state index in [-0.39, 0.29) is 10.8 Å². The Kier molecular flexibility index (Phi) is 7.26. The van der Waals surface area contributed by atoms with Gasteiger partial charge in [-0.3, -0.25) is 0 Å². The smallest absolute Gasteiger partial charge is 0.410 e. The number of carbonyl (C=O) groups is 1. The van der Waals surface area contributed by atoms with Crippen LogP contribution >= 0.6 is 11.6 Å². The van der Waals surface area contributed by atoms with Crippen molar-refractivity contribution in [1.29, 1.82) is 0 Å². The van der Waals surface area contributed by atoms with Crippen LogP contribution in [-0.4, -0.2) is 28.6 Å². The standard InChI is InChI=1S/C27H23ClF4N2O2/c1-3-33(4-2)26(35)36-24-12-11-23-20(25(24)18-7-10-22(29)21(28)15-18)13-14-34(23)16-17-5-8-19(9-6-17)27(30,31)32/h5-15H,3-4,16H2,1-2H3. The maximum absolute atomic E-state index is 13.9. The second-order valence-corrected chi connectivity index (χ2v) is 8.59. The van der Waals surface area contributed by atoms with Crippen LogP contribution in [-0.2, 0) is 12.7 Å². The lowest BCUT2D eigenvalue weighted by atomic mass is 10.0. The van der Waals surface area contributed by atoms with Gasteiger partial charge < -0.3 is 14.2 Å². The third-order valence-electron chi connectivity index (χ3n) is 5.98. The summed E-state index contributed by atoms with van der Waals surface area (Å²) in [4.78, 5) is 14.2. The summed E-state index contributed by atoms with van der Waals surface area (Å²) in [6, 6.07) is 14.5. The number of alkyl halides is 3. The van der Waals surface area contributed by atoms with Gasteiger partial charge in [-0.1, -0.05) is 29.8 Å². The largest absolute Gasteiger partial charge is 0.416 e. The van der Waals surface area contributed by atoms with Crippen molar-refractivity contribution in [2.24, 2.45) is 0 Å². The first-order chi connectivity index (χ1) is 17.1. The van der Waals surface area contributed by atoms with Gasteiger partial charge in [-0.15, -0.1) is 0 Å². The lowest BCUT2D eigenvalue weighted by molar-refractivity contribution is -0.137. The summed E-state index contributed by atoms with van der Waals surface area (Å²) in [7, 11) is 0. The van der Waals surface area contributed by atoms with Crippen LogP contribution in [0.5, 0.6) is 5.75 Å². The van der Waals surface area contributed by atoms with Crippen molar-refractivity contribution in [3.8, 4) is 16.9 Å². The van der Waals surface area contributed by atoms with Gasteiger partial charge in [-0.05, 0) is 67.4 Å². The Bertz CT molecular complexity index is 1390. The molecule has 0 aliphatic heterocycles. The van der Waals surface area contributed by atoms with E-state index in [1.54, 1.807) is 24.4 Å². The minimum absolute atomic E-state index is 0.0743. The molecular formula is C27H23ClF4N2O2. The number of benzene rings is 3. The van der Waals surface area contributed by atoms with Crippen molar-refractivity contribution >= 4 is 28.6 Å². The molecule has 4 aromatic rings. The summed E-state index contributed by atoms with van der Waals surface area (Å²) in [6.07, 6.45) is -3.12. The van der Waals surface area contributed by atoms with Crippen molar-refractivity contribution in [1.82, 2.24) is 9.47 Å². The molecule has 0 unspecified atom stereocenters. The van der Waals surface area contributed by atoms with Gasteiger partial charge in [-0.2, -0.15) is 13.2 Å². The van der Waals surface area contributed by atoms with Crippen molar-refractivity contribution in [3.63, 3.8) is 0 Å². The number of fused-ring (bicyclic) bond motifs is 1. The summed E-state index contributed by atoms with van der Waals surface area (Å²) < 4.78 is 60.2. The summed E-state index contributed by atoms with van der Waals surface area (Å²) in [6.45, 7) is 4.95. The third kappa shape index (κ3) is 5.18. The van der Waals surface area contributed by atoms with Gasteiger partial charge in [0.15, 0.2) is 0 Å². The van der Waals surface area contributed by atoms with Crippen molar-refractivity contribution < 1.29 is 27.1 Å². The quantitative estimate of drug-likeness (QED) is 0.242. The molecule has 0 bridgehead atoms. The number of aromatic nitrogens is 1. The van der Waals surface area contributed by atoms with Crippen LogP contribution in [0.1, 0.15) is 25.0 Å². The molecule has 0 atom stereocenters. The summed E-state index contributed by atoms with van der Waals surface area (Å²) in [5.74, 6) is -0.288. The maximum atomic E-state index is 13.9. The zero-order chi connectivity index (χ0) is 26.0. The average Bonchev–Trinajstić information content (AvgIpc) is 3.24. The Labute approximate surface area is 210 Å². The predicted octanol–water partition coefficient (Wildman–Crippen LogP) is 8.01. The topological polar surface area (TPSA) is 34.5 Å². The minimum Gasteiger partial charge on any atom is -0.410 e. The summed E-state index contributed by atoms with van der Waals surface area (Å²) in [5.41, 5.74) is 1.85. The van der Waals surface area contributed by atoms with E-state index in [4.69, 9.17) is 16.3 Å². The van der Waals surface area contributed by atoms with Crippen LogP contribution in [0.25, 0.3) is 22.0 Å². The van der Waals surface area contributed by atoms with E-state index in [2.05, 4.69) is 0 Å². The summed E-state index contributed by atoms with van der Waals surface area (Å²) in [5, 5.41) is 0.643. The first-order valence-electron chi connectivity index (χ1n) is 11.3. The number of hydrogen-bond donors (Lipinski definition) is 0. The van der Waals surface area contributed by atoms with Crippen molar-refractivity contribution in [2.45, 2.75) is 26.6 Å². The van der Waals surface area contributed by atoms with E-state index in [1.807, 2.05) is 24.5 Å². The van der Waals surface area contributed by atoms with E-state index in [1.165, 1.54) is 29.2 Å². The molecule has 0 aliphatic carbocycles. The Hall–Kier alpha value is -3.52. The SMILES string of the molecule is CCN(CC)C(=O)Oc1ccc2c(ccn2Cc2ccc(C(F)(F)F)cc2)c1-c1ccc(F)c(Cl)c1. The van der Waals surface area contributed by atoms with Gasteiger partial charge in [0.1, 0.15) is 11.6 Å². The van der Waals surface area contributed by atoms with Crippen molar-refractivity contribution in [2.75, 3.05) is 13.1 Å². The van der Waals surface area contributed by atoms with Crippen LogP contribution in [0, 0.1) is 5.82 Å². The van der Waals surface area contributed by atoms with E-state index in [0.29, 0.717) is 36.3 Å². The van der Waals surface area contributed by atoms with E-state index < -0.39 is 23.7 Å². The van der Waals surface area contributed by atoms with Gasteiger partial charge in [-0.25, -0.2) is 9.18 Å². The van der Waals surface area contributed by atoms with Gasteiger partial charge in [0.05, 0.1) is 10.6 Å². The Balaban J connectivity index is 1.78. The van der Waals surface area contributed by atoms with Crippen LogP contribution in [0.15, 0.2) is 66.9 Å². The van der Waals surface area contributed by atoms with Gasteiger partial charge in [0, 0.05) is 42.3 Å². The monoisotopic (exact) mass is 518 g/mol. The molecule has 9 heteroatoms. The normalized spacial score (nSPS) is 11.6. The van der Waals surface area contributed by atoms with Crippen LogP contribution in [0.4, 0.5) is 22.4 Å². The summed E-state index contributed by atoms with van der Waals surface area (Å²) >= 11 is 6.05. The number of rotatable bonds is 6. The zero-order valence-corrected chi connectivity index (χ0v) is 20.3. The Morgan fingerprint density at radius 1 is 1.00 bits per heavy atom. The molecule has 0 aliphatic rings. The lowest BCUT2D eigenvalue weighted by Gasteiger charge is -2.20. The molecule has 4 rings (SSSR count). The molecule has 0 saturated carbocycles. The number of carbonyl (C=O) groups excluding carboxylic acids is 1. The van der Waals surface area contributed by atoms with Crippen LogP contribution < -0.4 is 4.74 Å². The fraction of sp³-hybridized carbons (Fsp3) is 0.222. The molecule has 1 aromatic heterocycles. The number of hydrogen-bond acceptors (Lipinski definition) is 2. The van der Waals surface area contributed by atoms with Crippen LogP contribution in [0.2, 0.25) is 5.02 Å². The molecule has 1 amide bonds. The molecule has 0 spiro atoms. The molecular weight excluding hydrogens is 496 g/mol. The molecule has 0 fully saturated rings. The van der Waals surface area contributed by atoms with Gasteiger partial charge in [0.25, 0.3) is 0 Å². The zero-order valence-electron chi connectivity index (χ0n) is 19.6. The molecule has 188 valence electrons. The molecule has 4 nitrogen and oxygen atoms in total. The number of amides is 1. The third-order valence-corrected chi connectivity index (χ3v) is 6.27. The fourth-order valence-electron chi connectivity index (χ4n) is 4.06. The second kappa shape index (κ2) is 10.2. The lowest BCUT2D eigenvalue weighted by Crippen LogP contribution is -2.33. The molecule has 1 heterocycles. The number of nitrogens with zero attached hydrogens (tertiary/aromatic N) is 2. The molecule has 0 saturated heterocycles. The van der Waals surface area contributed by atoms with Gasteiger partial charge in [0.2, 0.25) is 0 Å². The molecule has 36 heavy (non-hydrogen) atoms. The molecule has 0 radical (unpaired) electrons. The van der Waals surface area contributed by atoms with Gasteiger partial charge >= 0.3 is 12.3 Å². The number of halogens is 5. The fourth-order valence-corrected chi connectivity index (χ4v) is 4.24. The Morgan fingerprint density at radius 3 is 2.31 bits per heavy atom.